The maximum atomic E-state index is 14.2. The summed E-state index contributed by atoms with van der Waals surface area (Å²) in [6.07, 6.45) is 0. The molecular weight excluding hydrogens is 302 g/mol. The van der Waals surface area contributed by atoms with Gasteiger partial charge in [0.25, 0.3) is 0 Å². The van der Waals surface area contributed by atoms with Crippen molar-refractivity contribution < 1.29 is 4.39 Å². The minimum absolute atomic E-state index is 0. The van der Waals surface area contributed by atoms with Crippen molar-refractivity contribution in [1.82, 2.24) is 15.3 Å². The van der Waals surface area contributed by atoms with E-state index in [4.69, 9.17) is 0 Å². The third-order valence-electron chi connectivity index (χ3n) is 3.09. The fourth-order valence-electron chi connectivity index (χ4n) is 1.97. The van der Waals surface area contributed by atoms with Crippen molar-refractivity contribution in [2.24, 2.45) is 0 Å². The lowest BCUT2D eigenvalue weighted by Gasteiger charge is -2.30. The molecule has 1 aliphatic rings. The molecule has 0 unspecified atom stereocenters. The van der Waals surface area contributed by atoms with Gasteiger partial charge >= 0.3 is 0 Å². The van der Waals surface area contributed by atoms with E-state index in [1.807, 2.05) is 25.7 Å². The van der Waals surface area contributed by atoms with Gasteiger partial charge in [-0.3, -0.25) is 0 Å². The summed E-state index contributed by atoms with van der Waals surface area (Å²) in [6, 6.07) is 0. The summed E-state index contributed by atoms with van der Waals surface area (Å²) in [5.41, 5.74) is 0.268. The second kappa shape index (κ2) is 7.38. The lowest BCUT2D eigenvalue weighted by atomic mass is 9.95. The predicted octanol–water partition coefficient (Wildman–Crippen LogP) is 2.47. The van der Waals surface area contributed by atoms with Gasteiger partial charge in [0.1, 0.15) is 5.82 Å². The maximum absolute atomic E-state index is 14.2. The number of hydrogen-bond donors (Lipinski definition) is 1. The Morgan fingerprint density at radius 3 is 2.15 bits per heavy atom. The van der Waals surface area contributed by atoms with E-state index in [0.717, 1.165) is 26.2 Å². The first-order chi connectivity index (χ1) is 8.39. The molecule has 0 saturated carbocycles. The smallest absolute Gasteiger partial charge is 0.186 e. The highest BCUT2D eigenvalue weighted by molar-refractivity contribution is 5.85. The van der Waals surface area contributed by atoms with Gasteiger partial charge in [0.15, 0.2) is 11.6 Å². The topological polar surface area (TPSA) is 41.1 Å². The molecule has 1 aromatic heterocycles. The number of hydrogen-bond acceptors (Lipinski definition) is 4. The number of rotatable bonds is 1. The van der Waals surface area contributed by atoms with Crippen LogP contribution < -0.4 is 10.2 Å². The molecule has 0 radical (unpaired) electrons. The summed E-state index contributed by atoms with van der Waals surface area (Å²) in [4.78, 5) is 10.7. The molecule has 4 nitrogen and oxygen atoms in total. The third kappa shape index (κ3) is 4.17. The molecule has 1 N–H and O–H groups in total. The average Bonchev–Trinajstić information content (AvgIpc) is 2.32. The quantitative estimate of drug-likeness (QED) is 0.861. The van der Waals surface area contributed by atoms with Crippen LogP contribution in [0.25, 0.3) is 0 Å². The SMILES string of the molecule is Cc1nc(C(C)(C)C)nc(N2CCNCC2)c1F.Cl.Cl. The van der Waals surface area contributed by atoms with Crippen LogP contribution in [0.1, 0.15) is 32.3 Å². The number of piperazine rings is 1. The fraction of sp³-hybridized carbons (Fsp3) is 0.692. The van der Waals surface area contributed by atoms with Gasteiger partial charge in [-0.15, -0.1) is 24.8 Å². The fourth-order valence-corrected chi connectivity index (χ4v) is 1.97. The maximum Gasteiger partial charge on any atom is 0.186 e. The lowest BCUT2D eigenvalue weighted by molar-refractivity contribution is 0.511. The summed E-state index contributed by atoms with van der Waals surface area (Å²) < 4.78 is 14.2. The van der Waals surface area contributed by atoms with E-state index < -0.39 is 0 Å². The summed E-state index contributed by atoms with van der Waals surface area (Å²) in [5.74, 6) is 0.869. The van der Waals surface area contributed by atoms with Crippen molar-refractivity contribution in [1.29, 1.82) is 0 Å². The van der Waals surface area contributed by atoms with Gasteiger partial charge < -0.3 is 10.2 Å². The first-order valence-corrected chi connectivity index (χ1v) is 6.40. The van der Waals surface area contributed by atoms with Crippen molar-refractivity contribution in [3.63, 3.8) is 0 Å². The Labute approximate surface area is 132 Å². The van der Waals surface area contributed by atoms with Crippen LogP contribution in [0.3, 0.4) is 0 Å². The average molecular weight is 325 g/mol. The summed E-state index contributed by atoms with van der Waals surface area (Å²) in [6.45, 7) is 11.1. The number of aromatic nitrogens is 2. The molecule has 2 rings (SSSR count). The van der Waals surface area contributed by atoms with Crippen LogP contribution in [-0.4, -0.2) is 36.1 Å². The van der Waals surface area contributed by atoms with E-state index in [1.54, 1.807) is 6.92 Å². The van der Waals surface area contributed by atoms with E-state index in [1.165, 1.54) is 0 Å². The van der Waals surface area contributed by atoms with Gasteiger partial charge in [0.2, 0.25) is 0 Å². The highest BCUT2D eigenvalue weighted by Crippen LogP contribution is 2.25. The van der Waals surface area contributed by atoms with Gasteiger partial charge in [-0.2, -0.15) is 0 Å². The molecule has 1 aromatic rings. The van der Waals surface area contributed by atoms with Crippen molar-refractivity contribution >= 4 is 30.6 Å². The molecule has 2 heterocycles. The number of halogens is 3. The van der Waals surface area contributed by atoms with Crippen LogP contribution in [-0.2, 0) is 5.41 Å². The molecule has 0 atom stereocenters. The summed E-state index contributed by atoms with van der Waals surface area (Å²) in [7, 11) is 0. The van der Waals surface area contributed by atoms with E-state index in [0.29, 0.717) is 17.3 Å². The zero-order chi connectivity index (χ0) is 13.3. The molecule has 0 spiro atoms. The van der Waals surface area contributed by atoms with Crippen LogP contribution in [0.4, 0.5) is 10.2 Å². The molecule has 0 aromatic carbocycles. The number of aryl methyl sites for hydroxylation is 1. The molecule has 116 valence electrons. The van der Waals surface area contributed by atoms with Crippen molar-refractivity contribution in [3.8, 4) is 0 Å². The predicted molar refractivity (Wildman–Crippen MR) is 85.0 cm³/mol. The van der Waals surface area contributed by atoms with Crippen molar-refractivity contribution in [2.75, 3.05) is 31.1 Å². The van der Waals surface area contributed by atoms with Crippen molar-refractivity contribution in [2.45, 2.75) is 33.1 Å². The molecule has 7 heteroatoms. The molecule has 1 saturated heterocycles. The van der Waals surface area contributed by atoms with E-state index in [9.17, 15) is 4.39 Å². The molecule has 0 amide bonds. The minimum Gasteiger partial charge on any atom is -0.352 e. The molecular formula is C13H23Cl2FN4. The van der Waals surface area contributed by atoms with Crippen LogP contribution in [0.5, 0.6) is 0 Å². The Balaban J connectivity index is 0.00000180. The monoisotopic (exact) mass is 324 g/mol. The second-order valence-corrected chi connectivity index (χ2v) is 5.76. The standard InChI is InChI=1S/C13H21FN4.2ClH/c1-9-10(14)11(18-7-5-15-6-8-18)17-12(16-9)13(2,3)4;;/h15H,5-8H2,1-4H3;2*1H. The Kier molecular flexibility index (Phi) is 7.14. The third-order valence-corrected chi connectivity index (χ3v) is 3.09. The Morgan fingerprint density at radius 1 is 1.10 bits per heavy atom. The van der Waals surface area contributed by atoms with Gasteiger partial charge in [-0.05, 0) is 6.92 Å². The zero-order valence-corrected chi connectivity index (χ0v) is 14.0. The number of nitrogens with zero attached hydrogens (tertiary/aromatic N) is 3. The largest absolute Gasteiger partial charge is 0.352 e. The van der Waals surface area contributed by atoms with E-state index >= 15 is 0 Å². The number of nitrogens with one attached hydrogen (secondary N) is 1. The number of anilines is 1. The normalized spacial score (nSPS) is 15.3. The molecule has 1 fully saturated rings. The minimum atomic E-state index is -0.287. The highest BCUT2D eigenvalue weighted by Gasteiger charge is 2.24. The first-order valence-electron chi connectivity index (χ1n) is 6.40. The van der Waals surface area contributed by atoms with Crippen LogP contribution in [0, 0.1) is 12.7 Å². The van der Waals surface area contributed by atoms with Crippen LogP contribution in [0.15, 0.2) is 0 Å². The Bertz CT molecular complexity index is 443. The lowest BCUT2D eigenvalue weighted by Crippen LogP contribution is -2.44. The Morgan fingerprint density at radius 2 is 1.65 bits per heavy atom. The van der Waals surface area contributed by atoms with Crippen molar-refractivity contribution in [3.05, 3.63) is 17.3 Å². The highest BCUT2D eigenvalue weighted by atomic mass is 35.5. The molecule has 0 aliphatic carbocycles. The first kappa shape index (κ1) is 19.4. The zero-order valence-electron chi connectivity index (χ0n) is 12.4. The van der Waals surface area contributed by atoms with Gasteiger partial charge in [-0.1, -0.05) is 20.8 Å². The van der Waals surface area contributed by atoms with E-state index in [2.05, 4.69) is 15.3 Å². The van der Waals surface area contributed by atoms with E-state index in [-0.39, 0.29) is 36.0 Å². The summed E-state index contributed by atoms with van der Waals surface area (Å²) >= 11 is 0. The van der Waals surface area contributed by atoms with Gasteiger partial charge in [0, 0.05) is 31.6 Å². The van der Waals surface area contributed by atoms with Gasteiger partial charge in [-0.25, -0.2) is 14.4 Å². The van der Waals surface area contributed by atoms with Crippen LogP contribution in [0.2, 0.25) is 0 Å². The van der Waals surface area contributed by atoms with Gasteiger partial charge in [0.05, 0.1) is 5.69 Å². The summed E-state index contributed by atoms with van der Waals surface area (Å²) in [5, 5.41) is 3.26. The Hall–Kier alpha value is -0.650. The van der Waals surface area contributed by atoms with Crippen LogP contribution >= 0.6 is 24.8 Å². The molecule has 20 heavy (non-hydrogen) atoms. The second-order valence-electron chi connectivity index (χ2n) is 5.76. The molecule has 0 bridgehead atoms. The molecule has 1 aliphatic heterocycles.